The van der Waals surface area contributed by atoms with E-state index < -0.39 is 58.0 Å². The highest BCUT2D eigenvalue weighted by molar-refractivity contribution is 6.24. The van der Waals surface area contributed by atoms with Gasteiger partial charge in [0.25, 0.3) is 5.91 Å². The molecule has 3 aliphatic carbocycles. The smallest absolute Gasteiger partial charge is 0.255 e. The highest BCUT2D eigenvalue weighted by Gasteiger charge is 2.63. The number of carbonyl (C=O) groups excluding carboxylic acids is 3. The van der Waals surface area contributed by atoms with Gasteiger partial charge in [0.1, 0.15) is 22.8 Å². The number of amides is 1. The van der Waals surface area contributed by atoms with Crippen molar-refractivity contribution in [1.82, 2.24) is 4.90 Å². The Balaban J connectivity index is 1.97. The Labute approximate surface area is 195 Å². The van der Waals surface area contributed by atoms with E-state index in [9.17, 15) is 34.8 Å². The summed E-state index contributed by atoms with van der Waals surface area (Å²) in [7, 11) is 3.15. The average Bonchev–Trinajstić information content (AvgIpc) is 2.75. The van der Waals surface area contributed by atoms with Gasteiger partial charge in [0, 0.05) is 11.5 Å². The zero-order chi connectivity index (χ0) is 25.1. The van der Waals surface area contributed by atoms with Crippen molar-refractivity contribution in [2.24, 2.45) is 17.6 Å². The minimum Gasteiger partial charge on any atom is -0.510 e. The highest BCUT2D eigenvalue weighted by atomic mass is 16.3. The lowest BCUT2D eigenvalue weighted by molar-refractivity contribution is -0.148. The molecule has 9 nitrogen and oxygen atoms in total. The average molecular weight is 464 g/mol. The number of fused-ring (bicyclic) bond motifs is 3. The molecule has 0 saturated heterocycles. The van der Waals surface area contributed by atoms with E-state index in [1.54, 1.807) is 26.2 Å². The van der Waals surface area contributed by atoms with Crippen LogP contribution in [0.5, 0.6) is 5.75 Å². The molecule has 1 aromatic carbocycles. The number of nitrogens with two attached hydrogens (primary N) is 1. The number of likely N-dealkylation sites (N-methyl/N-ethyl adjacent to an activating group) is 1. The molecular formula is C25H24N2O7. The lowest BCUT2D eigenvalue weighted by Crippen LogP contribution is -2.63. The second-order valence-corrected chi connectivity index (χ2v) is 8.99. The molecular weight excluding hydrogens is 440 g/mol. The molecule has 0 unspecified atom stereocenters. The van der Waals surface area contributed by atoms with Gasteiger partial charge >= 0.3 is 0 Å². The van der Waals surface area contributed by atoms with E-state index in [1.165, 1.54) is 17.0 Å². The van der Waals surface area contributed by atoms with E-state index in [1.807, 2.05) is 0 Å². The van der Waals surface area contributed by atoms with Crippen molar-refractivity contribution in [2.75, 3.05) is 14.1 Å². The number of allylic oxidation sites excluding steroid dienone is 2. The van der Waals surface area contributed by atoms with Gasteiger partial charge in [0.15, 0.2) is 11.4 Å². The third-order valence-corrected chi connectivity index (χ3v) is 7.00. The van der Waals surface area contributed by atoms with Crippen LogP contribution in [0.1, 0.15) is 27.9 Å². The van der Waals surface area contributed by atoms with E-state index in [-0.39, 0.29) is 29.7 Å². The first kappa shape index (κ1) is 23.3. The Hall–Kier alpha value is -3.87. The number of primary amides is 1. The first-order chi connectivity index (χ1) is 16.0. The molecule has 0 spiro atoms. The van der Waals surface area contributed by atoms with Crippen molar-refractivity contribution in [3.05, 3.63) is 57.6 Å². The van der Waals surface area contributed by atoms with Crippen LogP contribution in [-0.4, -0.2) is 68.5 Å². The number of carbonyl (C=O) groups is 3. The molecule has 0 aliphatic heterocycles. The summed E-state index contributed by atoms with van der Waals surface area (Å²) in [6, 6.07) is 1.91. The van der Waals surface area contributed by atoms with E-state index >= 15 is 0 Å². The topological polar surface area (TPSA) is 161 Å². The van der Waals surface area contributed by atoms with Crippen LogP contribution in [-0.2, 0) is 16.0 Å². The number of phenolic OH excluding ortho intramolecular Hbond substituents is 1. The van der Waals surface area contributed by atoms with Crippen LogP contribution in [0.3, 0.4) is 0 Å². The molecule has 0 heterocycles. The SMILES string of the molecule is C#CC=Cc1ccc(O)c2c1C[C@H]1C[C@H]3[C@H](N(C)C)C(O)=C(C(N)=O)C(=O)[C@@]3(O)C(O)=C1C2=O. The zero-order valence-electron chi connectivity index (χ0n) is 18.6. The molecule has 0 saturated carbocycles. The van der Waals surface area contributed by atoms with Gasteiger partial charge < -0.3 is 26.2 Å². The summed E-state index contributed by atoms with van der Waals surface area (Å²) in [4.78, 5) is 40.2. The molecule has 4 atom stereocenters. The number of aromatic hydroxyl groups is 1. The predicted molar refractivity (Wildman–Crippen MR) is 122 cm³/mol. The quantitative estimate of drug-likeness (QED) is 0.324. The van der Waals surface area contributed by atoms with Gasteiger partial charge in [-0.2, -0.15) is 0 Å². The van der Waals surface area contributed by atoms with Crippen molar-refractivity contribution < 1.29 is 34.8 Å². The van der Waals surface area contributed by atoms with Crippen molar-refractivity contribution in [1.29, 1.82) is 0 Å². The molecule has 0 radical (unpaired) electrons. The number of ketones is 2. The maximum Gasteiger partial charge on any atom is 0.255 e. The molecule has 9 heteroatoms. The van der Waals surface area contributed by atoms with Gasteiger partial charge in [-0.1, -0.05) is 12.0 Å². The summed E-state index contributed by atoms with van der Waals surface area (Å²) in [5, 5.41) is 43.9. The Morgan fingerprint density at radius 2 is 1.94 bits per heavy atom. The largest absolute Gasteiger partial charge is 0.510 e. The standard InChI is InChI=1S/C25H24N2O7/c1-4-5-6-11-7-8-15(28)17-13(11)9-12-10-14-19(27(2)3)21(30)18(24(26)33)23(32)25(14,34)22(31)16(12)20(17)29/h1,5-8,12,14,19,28,30-31,34H,9-10H2,2-3H3,(H2,26,33)/t12-,14-,19-,25-/m0/s1. The summed E-state index contributed by atoms with van der Waals surface area (Å²) < 4.78 is 0. The van der Waals surface area contributed by atoms with Gasteiger partial charge in [0.05, 0.1) is 11.6 Å². The van der Waals surface area contributed by atoms with Crippen LogP contribution in [0.4, 0.5) is 0 Å². The Kier molecular flexibility index (Phi) is 5.39. The lowest BCUT2D eigenvalue weighted by atomic mass is 9.58. The monoisotopic (exact) mass is 464 g/mol. The molecule has 1 aromatic rings. The van der Waals surface area contributed by atoms with Crippen LogP contribution in [0.25, 0.3) is 6.08 Å². The molecule has 1 amide bonds. The maximum absolute atomic E-state index is 13.5. The van der Waals surface area contributed by atoms with Crippen LogP contribution < -0.4 is 5.73 Å². The van der Waals surface area contributed by atoms with Crippen molar-refractivity contribution >= 4 is 23.5 Å². The van der Waals surface area contributed by atoms with Crippen LogP contribution in [0, 0.1) is 24.2 Å². The van der Waals surface area contributed by atoms with E-state index in [2.05, 4.69) is 5.92 Å². The fourth-order valence-corrected chi connectivity index (χ4v) is 5.57. The maximum atomic E-state index is 13.5. The number of terminal acetylenes is 1. The number of nitrogens with zero attached hydrogens (tertiary/aromatic N) is 1. The molecule has 0 aromatic heterocycles. The van der Waals surface area contributed by atoms with Crippen molar-refractivity contribution in [3.8, 4) is 18.1 Å². The fourth-order valence-electron chi connectivity index (χ4n) is 5.57. The normalized spacial score (nSPS) is 28.6. The number of aliphatic hydroxyl groups excluding tert-OH is 2. The molecule has 0 fully saturated rings. The number of rotatable bonds is 3. The third-order valence-electron chi connectivity index (χ3n) is 7.00. The number of aliphatic hydroxyl groups is 3. The molecule has 4 rings (SSSR count). The Morgan fingerprint density at radius 1 is 1.26 bits per heavy atom. The van der Waals surface area contributed by atoms with Gasteiger partial charge in [0.2, 0.25) is 5.78 Å². The Morgan fingerprint density at radius 3 is 2.53 bits per heavy atom. The number of phenols is 1. The predicted octanol–water partition coefficient (Wildman–Crippen LogP) is 0.767. The number of Topliss-reactive ketones (excluding diaryl/α,β-unsaturated/α-hetero) is 2. The molecule has 0 bridgehead atoms. The van der Waals surface area contributed by atoms with Crippen LogP contribution in [0.2, 0.25) is 0 Å². The second-order valence-electron chi connectivity index (χ2n) is 8.99. The van der Waals surface area contributed by atoms with Gasteiger partial charge in [-0.05, 0) is 62.2 Å². The van der Waals surface area contributed by atoms with Crippen LogP contribution >= 0.6 is 0 Å². The van der Waals surface area contributed by atoms with Crippen LogP contribution in [0.15, 0.2) is 40.9 Å². The first-order valence-electron chi connectivity index (χ1n) is 10.6. The number of hydrogen-bond acceptors (Lipinski definition) is 8. The van der Waals surface area contributed by atoms with Crippen molar-refractivity contribution in [2.45, 2.75) is 24.5 Å². The molecule has 34 heavy (non-hydrogen) atoms. The molecule has 6 N–H and O–H groups in total. The molecule has 176 valence electrons. The zero-order valence-corrected chi connectivity index (χ0v) is 18.6. The fraction of sp³-hybridized carbons (Fsp3) is 0.320. The minimum atomic E-state index is -2.65. The van der Waals surface area contributed by atoms with E-state index in [0.717, 1.165) is 0 Å². The summed E-state index contributed by atoms with van der Waals surface area (Å²) in [6.45, 7) is 0. The summed E-state index contributed by atoms with van der Waals surface area (Å²) >= 11 is 0. The summed E-state index contributed by atoms with van der Waals surface area (Å²) in [6.07, 6.45) is 8.61. The van der Waals surface area contributed by atoms with Gasteiger partial charge in [-0.25, -0.2) is 0 Å². The Bertz CT molecular complexity index is 1280. The van der Waals surface area contributed by atoms with E-state index in [4.69, 9.17) is 12.2 Å². The number of hydrogen-bond donors (Lipinski definition) is 5. The summed E-state index contributed by atoms with van der Waals surface area (Å²) in [5.41, 5.74) is 2.70. The third kappa shape index (κ3) is 3.00. The number of benzene rings is 1. The van der Waals surface area contributed by atoms with Crippen molar-refractivity contribution in [3.63, 3.8) is 0 Å². The molecule has 3 aliphatic rings. The lowest BCUT2D eigenvalue weighted by Gasteiger charge is -2.50. The first-order valence-corrected chi connectivity index (χ1v) is 10.6. The summed E-state index contributed by atoms with van der Waals surface area (Å²) in [5.74, 6) is -4.41. The minimum absolute atomic E-state index is 0.0275. The van der Waals surface area contributed by atoms with Gasteiger partial charge in [-0.3, -0.25) is 19.3 Å². The van der Waals surface area contributed by atoms with E-state index in [0.29, 0.717) is 11.1 Å². The second kappa shape index (κ2) is 7.87. The highest BCUT2D eigenvalue weighted by Crippen LogP contribution is 2.52. The van der Waals surface area contributed by atoms with Gasteiger partial charge in [-0.15, -0.1) is 6.42 Å².